The zero-order chi connectivity index (χ0) is 21.0. The summed E-state index contributed by atoms with van der Waals surface area (Å²) in [6, 6.07) is 20.5. The number of hydrogen-bond donors (Lipinski definition) is 1. The molecular weight excluding hydrogens is 452 g/mol. The summed E-state index contributed by atoms with van der Waals surface area (Å²) in [6.07, 6.45) is 0. The first-order chi connectivity index (χ1) is 13.8. The largest absolute Gasteiger partial charge is 0.322 e. The molecule has 0 bridgehead atoms. The first-order valence-corrected chi connectivity index (χ1v) is 11.3. The molecule has 3 aromatic carbocycles. The van der Waals surface area contributed by atoms with E-state index < -0.39 is 10.0 Å². The van der Waals surface area contributed by atoms with E-state index in [1.807, 2.05) is 31.2 Å². The average molecular weight is 473 g/mol. The summed E-state index contributed by atoms with van der Waals surface area (Å²) < 4.78 is 28.3. The van der Waals surface area contributed by atoms with Crippen molar-refractivity contribution in [1.29, 1.82) is 0 Å². The van der Waals surface area contributed by atoms with Crippen LogP contribution in [0, 0.1) is 6.92 Å². The monoisotopic (exact) mass is 472 g/mol. The minimum atomic E-state index is -3.72. The number of benzene rings is 3. The molecule has 3 aromatic rings. The number of aryl methyl sites for hydroxylation is 1. The minimum absolute atomic E-state index is 0.137. The molecule has 0 aliphatic carbocycles. The number of amides is 1. The highest BCUT2D eigenvalue weighted by atomic mass is 79.9. The van der Waals surface area contributed by atoms with Crippen molar-refractivity contribution in [2.75, 3.05) is 16.2 Å². The Morgan fingerprint density at radius 1 is 1.00 bits per heavy atom. The van der Waals surface area contributed by atoms with Gasteiger partial charge >= 0.3 is 0 Å². The third-order valence-electron chi connectivity index (χ3n) is 4.48. The van der Waals surface area contributed by atoms with Crippen molar-refractivity contribution in [3.63, 3.8) is 0 Å². The molecule has 29 heavy (non-hydrogen) atoms. The van der Waals surface area contributed by atoms with Crippen LogP contribution in [0.25, 0.3) is 0 Å². The Balaban J connectivity index is 1.83. The van der Waals surface area contributed by atoms with Gasteiger partial charge < -0.3 is 5.32 Å². The summed E-state index contributed by atoms with van der Waals surface area (Å²) in [4.78, 5) is 12.7. The standard InChI is InChI=1S/C22H21BrN2O3S/c1-3-25(19-7-5-4-6-8-19)29(27,28)20-13-10-17(11-14-20)22(26)24-21-15-18(23)12-9-16(21)2/h4-15H,3H2,1-2H3,(H,24,26). The maximum absolute atomic E-state index is 13.0. The smallest absolute Gasteiger partial charge is 0.264 e. The van der Waals surface area contributed by atoms with Gasteiger partial charge in [-0.05, 0) is 67.9 Å². The summed E-state index contributed by atoms with van der Waals surface area (Å²) >= 11 is 3.39. The van der Waals surface area contributed by atoms with Crippen molar-refractivity contribution >= 4 is 43.2 Å². The van der Waals surface area contributed by atoms with E-state index in [4.69, 9.17) is 0 Å². The van der Waals surface area contributed by atoms with Crippen LogP contribution in [-0.2, 0) is 10.0 Å². The van der Waals surface area contributed by atoms with E-state index >= 15 is 0 Å². The van der Waals surface area contributed by atoms with Gasteiger partial charge in [-0.2, -0.15) is 0 Å². The fourth-order valence-electron chi connectivity index (χ4n) is 2.91. The Labute approximate surface area is 179 Å². The van der Waals surface area contributed by atoms with E-state index in [-0.39, 0.29) is 10.8 Å². The van der Waals surface area contributed by atoms with Crippen molar-refractivity contribution in [2.45, 2.75) is 18.7 Å². The first kappa shape index (κ1) is 21.1. The normalized spacial score (nSPS) is 11.1. The van der Waals surface area contributed by atoms with Crippen LogP contribution in [0.3, 0.4) is 0 Å². The molecule has 0 unspecified atom stereocenters. The molecule has 150 valence electrons. The van der Waals surface area contributed by atoms with Gasteiger partial charge in [0.2, 0.25) is 0 Å². The van der Waals surface area contributed by atoms with Gasteiger partial charge in [0.1, 0.15) is 0 Å². The predicted molar refractivity (Wildman–Crippen MR) is 120 cm³/mol. The minimum Gasteiger partial charge on any atom is -0.322 e. The van der Waals surface area contributed by atoms with Gasteiger partial charge in [0.05, 0.1) is 10.6 Å². The van der Waals surface area contributed by atoms with E-state index in [0.717, 1.165) is 10.0 Å². The van der Waals surface area contributed by atoms with Gasteiger partial charge in [-0.25, -0.2) is 8.42 Å². The zero-order valence-corrected chi connectivity index (χ0v) is 18.5. The van der Waals surface area contributed by atoms with Crippen molar-refractivity contribution in [1.82, 2.24) is 0 Å². The van der Waals surface area contributed by atoms with Crippen molar-refractivity contribution < 1.29 is 13.2 Å². The van der Waals surface area contributed by atoms with Gasteiger partial charge in [0.15, 0.2) is 0 Å². The van der Waals surface area contributed by atoms with Crippen LogP contribution in [0.15, 0.2) is 82.2 Å². The number of anilines is 2. The summed E-state index contributed by atoms with van der Waals surface area (Å²) in [6.45, 7) is 3.99. The fourth-order valence-corrected chi connectivity index (χ4v) is 4.75. The summed E-state index contributed by atoms with van der Waals surface area (Å²) in [5.74, 6) is -0.300. The third kappa shape index (κ3) is 4.68. The highest BCUT2D eigenvalue weighted by Gasteiger charge is 2.23. The highest BCUT2D eigenvalue weighted by Crippen LogP contribution is 2.24. The van der Waals surface area contributed by atoms with E-state index in [2.05, 4.69) is 21.2 Å². The maximum Gasteiger partial charge on any atom is 0.264 e. The molecule has 0 heterocycles. The molecule has 0 radical (unpaired) electrons. The number of carbonyl (C=O) groups excluding carboxylic acids is 1. The Kier molecular flexibility index (Phi) is 6.39. The van der Waals surface area contributed by atoms with Crippen LogP contribution >= 0.6 is 15.9 Å². The molecule has 0 aromatic heterocycles. The van der Waals surface area contributed by atoms with E-state index in [1.165, 1.54) is 28.6 Å². The second-order valence-electron chi connectivity index (χ2n) is 6.44. The molecule has 1 N–H and O–H groups in total. The Bertz CT molecular complexity index is 1110. The molecule has 7 heteroatoms. The quantitative estimate of drug-likeness (QED) is 0.534. The Hall–Kier alpha value is -2.64. The van der Waals surface area contributed by atoms with Gasteiger partial charge in [0.25, 0.3) is 15.9 Å². The second kappa shape index (κ2) is 8.80. The van der Waals surface area contributed by atoms with Crippen LogP contribution in [0.5, 0.6) is 0 Å². The number of nitrogens with one attached hydrogen (secondary N) is 1. The maximum atomic E-state index is 13.0. The molecule has 0 saturated carbocycles. The number of sulfonamides is 1. The van der Waals surface area contributed by atoms with Crippen molar-refractivity contribution in [3.8, 4) is 0 Å². The number of para-hydroxylation sites is 1. The van der Waals surface area contributed by atoms with Crippen LogP contribution < -0.4 is 9.62 Å². The van der Waals surface area contributed by atoms with Crippen molar-refractivity contribution in [2.24, 2.45) is 0 Å². The lowest BCUT2D eigenvalue weighted by Gasteiger charge is -2.23. The fraction of sp³-hybridized carbons (Fsp3) is 0.136. The number of hydrogen-bond acceptors (Lipinski definition) is 3. The number of rotatable bonds is 6. The third-order valence-corrected chi connectivity index (χ3v) is 6.89. The van der Waals surface area contributed by atoms with Crippen LogP contribution in [-0.4, -0.2) is 20.9 Å². The molecule has 0 spiro atoms. The number of halogens is 1. The van der Waals surface area contributed by atoms with E-state index in [9.17, 15) is 13.2 Å². The topological polar surface area (TPSA) is 66.5 Å². The zero-order valence-electron chi connectivity index (χ0n) is 16.1. The summed E-state index contributed by atoms with van der Waals surface area (Å²) in [5.41, 5.74) is 2.61. The molecule has 0 fully saturated rings. The molecule has 5 nitrogen and oxygen atoms in total. The van der Waals surface area contributed by atoms with Crippen LogP contribution in [0.1, 0.15) is 22.8 Å². The molecule has 1 amide bonds. The van der Waals surface area contributed by atoms with Gasteiger partial charge in [-0.3, -0.25) is 9.10 Å². The van der Waals surface area contributed by atoms with E-state index in [0.29, 0.717) is 23.5 Å². The molecule has 0 atom stereocenters. The first-order valence-electron chi connectivity index (χ1n) is 9.08. The van der Waals surface area contributed by atoms with Crippen LogP contribution in [0.4, 0.5) is 11.4 Å². The predicted octanol–water partition coefficient (Wildman–Crippen LogP) is 5.23. The number of carbonyl (C=O) groups is 1. The summed E-state index contributed by atoms with van der Waals surface area (Å²) in [5, 5.41) is 2.86. The van der Waals surface area contributed by atoms with Gasteiger partial charge in [0, 0.05) is 22.3 Å². The lowest BCUT2D eigenvalue weighted by atomic mass is 10.1. The number of nitrogens with zero attached hydrogens (tertiary/aromatic N) is 1. The van der Waals surface area contributed by atoms with Crippen molar-refractivity contribution in [3.05, 3.63) is 88.4 Å². The highest BCUT2D eigenvalue weighted by molar-refractivity contribution is 9.10. The lowest BCUT2D eigenvalue weighted by Crippen LogP contribution is -2.30. The Morgan fingerprint density at radius 2 is 1.66 bits per heavy atom. The SMILES string of the molecule is CCN(c1ccccc1)S(=O)(=O)c1ccc(C(=O)Nc2cc(Br)ccc2C)cc1. The lowest BCUT2D eigenvalue weighted by molar-refractivity contribution is 0.102. The molecule has 0 aliphatic rings. The van der Waals surface area contributed by atoms with Gasteiger partial charge in [-0.1, -0.05) is 40.2 Å². The van der Waals surface area contributed by atoms with Crippen LogP contribution in [0.2, 0.25) is 0 Å². The molecule has 3 rings (SSSR count). The molecule has 0 saturated heterocycles. The Morgan fingerprint density at radius 3 is 2.28 bits per heavy atom. The van der Waals surface area contributed by atoms with Gasteiger partial charge in [-0.15, -0.1) is 0 Å². The molecular formula is C22H21BrN2O3S. The second-order valence-corrected chi connectivity index (χ2v) is 9.22. The molecule has 0 aliphatic heterocycles. The average Bonchev–Trinajstić information content (AvgIpc) is 2.72. The summed E-state index contributed by atoms with van der Waals surface area (Å²) in [7, 11) is -3.72. The van der Waals surface area contributed by atoms with E-state index in [1.54, 1.807) is 31.2 Å².